The highest BCUT2D eigenvalue weighted by Gasteiger charge is 2.27. The lowest BCUT2D eigenvalue weighted by atomic mass is 9.89. The maximum atomic E-state index is 6.50. The minimum atomic E-state index is -0.286. The number of methoxy groups -OCH3 is 2. The number of nitrogens with one attached hydrogen (secondary N) is 1. The fourth-order valence-corrected chi connectivity index (χ4v) is 2.94. The number of anilines is 1. The van der Waals surface area contributed by atoms with Gasteiger partial charge in [0.2, 0.25) is 0 Å². The summed E-state index contributed by atoms with van der Waals surface area (Å²) in [6.45, 7) is 4.21. The lowest BCUT2D eigenvalue weighted by Gasteiger charge is -2.34. The third kappa shape index (κ3) is 4.65. The Kier molecular flexibility index (Phi) is 6.13. The van der Waals surface area contributed by atoms with Crippen LogP contribution in [0.25, 0.3) is 0 Å². The monoisotopic (exact) mass is 392 g/mol. The first-order chi connectivity index (χ1) is 11.4. The van der Waals surface area contributed by atoms with Gasteiger partial charge in [-0.3, -0.25) is 0 Å². The number of hydrogen-bond acceptors (Lipinski definition) is 4. The minimum Gasteiger partial charge on any atom is -0.497 e. The van der Waals surface area contributed by atoms with Gasteiger partial charge in [0.15, 0.2) is 0 Å². The summed E-state index contributed by atoms with van der Waals surface area (Å²) in [4.78, 5) is 0. The average molecular weight is 393 g/mol. The molecule has 5 heteroatoms. The average Bonchev–Trinajstić information content (AvgIpc) is 2.54. The molecule has 0 aliphatic heterocycles. The van der Waals surface area contributed by atoms with Crippen LogP contribution in [0.15, 0.2) is 46.9 Å². The summed E-state index contributed by atoms with van der Waals surface area (Å²) in [7, 11) is 3.31. The van der Waals surface area contributed by atoms with Crippen LogP contribution in [0, 0.1) is 0 Å². The summed E-state index contributed by atoms with van der Waals surface area (Å²) >= 11 is 3.49. The predicted molar refractivity (Wildman–Crippen MR) is 103 cm³/mol. The molecule has 0 bridgehead atoms. The molecule has 2 rings (SSSR count). The summed E-state index contributed by atoms with van der Waals surface area (Å²) in [5, 5.41) is 3.52. The first-order valence-corrected chi connectivity index (χ1v) is 8.65. The molecule has 0 aliphatic carbocycles. The fourth-order valence-electron chi connectivity index (χ4n) is 2.54. The van der Waals surface area contributed by atoms with Crippen molar-refractivity contribution in [2.24, 2.45) is 5.73 Å². The molecule has 130 valence electrons. The van der Waals surface area contributed by atoms with Gasteiger partial charge in [-0.15, -0.1) is 0 Å². The van der Waals surface area contributed by atoms with Crippen molar-refractivity contribution in [3.8, 4) is 11.5 Å². The predicted octanol–water partition coefficient (Wildman–Crippen LogP) is 4.23. The van der Waals surface area contributed by atoms with Crippen LogP contribution in [-0.2, 0) is 6.42 Å². The quantitative estimate of drug-likeness (QED) is 0.740. The van der Waals surface area contributed by atoms with Crippen LogP contribution in [0.3, 0.4) is 0 Å². The van der Waals surface area contributed by atoms with Crippen LogP contribution in [0.5, 0.6) is 11.5 Å². The van der Waals surface area contributed by atoms with Gasteiger partial charge in [-0.05, 0) is 50.1 Å². The van der Waals surface area contributed by atoms with E-state index in [0.29, 0.717) is 6.42 Å². The summed E-state index contributed by atoms with van der Waals surface area (Å²) in [5.41, 5.74) is 8.32. The largest absolute Gasteiger partial charge is 0.497 e. The Balaban J connectivity index is 2.14. The van der Waals surface area contributed by atoms with E-state index in [9.17, 15) is 0 Å². The molecule has 0 radical (unpaired) electrons. The molecular weight excluding hydrogens is 368 g/mol. The van der Waals surface area contributed by atoms with E-state index < -0.39 is 0 Å². The van der Waals surface area contributed by atoms with E-state index in [2.05, 4.69) is 35.1 Å². The topological polar surface area (TPSA) is 56.5 Å². The standard InChI is InChI=1S/C19H25BrN2O2/c1-19(2,22-15-7-5-6-14(20)11-15)18(21)10-13-8-9-16(23-3)12-17(13)24-4/h5-9,11-12,18,22H,10,21H2,1-4H3. The molecule has 24 heavy (non-hydrogen) atoms. The van der Waals surface area contributed by atoms with Crippen LogP contribution in [0.1, 0.15) is 19.4 Å². The highest BCUT2D eigenvalue weighted by Crippen LogP contribution is 2.28. The summed E-state index contributed by atoms with van der Waals surface area (Å²) in [5.74, 6) is 1.57. The molecule has 3 N–H and O–H groups in total. The highest BCUT2D eigenvalue weighted by atomic mass is 79.9. The maximum Gasteiger partial charge on any atom is 0.125 e. The van der Waals surface area contributed by atoms with Gasteiger partial charge in [-0.25, -0.2) is 0 Å². The van der Waals surface area contributed by atoms with Gasteiger partial charge in [-0.1, -0.05) is 28.1 Å². The van der Waals surface area contributed by atoms with Gasteiger partial charge in [-0.2, -0.15) is 0 Å². The second kappa shape index (κ2) is 7.90. The van der Waals surface area contributed by atoms with Crippen molar-refractivity contribution >= 4 is 21.6 Å². The van der Waals surface area contributed by atoms with E-state index in [1.165, 1.54) is 0 Å². The molecular formula is C19H25BrN2O2. The molecule has 0 spiro atoms. The van der Waals surface area contributed by atoms with Crippen LogP contribution in [0.4, 0.5) is 5.69 Å². The van der Waals surface area contributed by atoms with Crippen LogP contribution >= 0.6 is 15.9 Å². The molecule has 0 fully saturated rings. The molecule has 0 heterocycles. The molecule has 0 saturated heterocycles. The summed E-state index contributed by atoms with van der Waals surface area (Å²) in [6.07, 6.45) is 0.696. The Hall–Kier alpha value is -1.72. The zero-order chi connectivity index (χ0) is 17.7. The van der Waals surface area contributed by atoms with Crippen LogP contribution in [-0.4, -0.2) is 25.8 Å². The molecule has 0 aromatic heterocycles. The van der Waals surface area contributed by atoms with E-state index in [0.717, 1.165) is 27.2 Å². The van der Waals surface area contributed by atoms with Gasteiger partial charge < -0.3 is 20.5 Å². The Bertz CT molecular complexity index is 689. The maximum absolute atomic E-state index is 6.50. The number of rotatable bonds is 7. The van der Waals surface area contributed by atoms with E-state index >= 15 is 0 Å². The van der Waals surface area contributed by atoms with Gasteiger partial charge in [0.25, 0.3) is 0 Å². The highest BCUT2D eigenvalue weighted by molar-refractivity contribution is 9.10. The molecule has 2 aromatic rings. The molecule has 0 aliphatic rings. The first kappa shape index (κ1) is 18.6. The van der Waals surface area contributed by atoms with Crippen molar-refractivity contribution in [2.45, 2.75) is 31.8 Å². The normalized spacial score (nSPS) is 12.6. The molecule has 0 amide bonds. The van der Waals surface area contributed by atoms with Crippen molar-refractivity contribution in [3.63, 3.8) is 0 Å². The van der Waals surface area contributed by atoms with Crippen molar-refractivity contribution in [2.75, 3.05) is 19.5 Å². The Morgan fingerprint density at radius 1 is 1.12 bits per heavy atom. The number of halogens is 1. The Morgan fingerprint density at radius 2 is 1.88 bits per heavy atom. The second-order valence-corrected chi connectivity index (χ2v) is 7.26. The minimum absolute atomic E-state index is 0.0984. The summed E-state index contributed by atoms with van der Waals surface area (Å²) in [6, 6.07) is 13.8. The molecule has 2 aromatic carbocycles. The number of hydrogen-bond donors (Lipinski definition) is 2. The van der Waals surface area contributed by atoms with Crippen LogP contribution < -0.4 is 20.5 Å². The van der Waals surface area contributed by atoms with Gasteiger partial charge in [0.1, 0.15) is 11.5 Å². The Morgan fingerprint density at radius 3 is 2.50 bits per heavy atom. The van der Waals surface area contributed by atoms with Gasteiger partial charge >= 0.3 is 0 Å². The first-order valence-electron chi connectivity index (χ1n) is 7.86. The zero-order valence-electron chi connectivity index (χ0n) is 14.6. The van der Waals surface area contributed by atoms with Gasteiger partial charge in [0, 0.05) is 27.8 Å². The van der Waals surface area contributed by atoms with Crippen molar-refractivity contribution in [1.82, 2.24) is 0 Å². The fraction of sp³-hybridized carbons (Fsp3) is 0.368. The number of nitrogens with two attached hydrogens (primary N) is 1. The third-order valence-corrected chi connectivity index (χ3v) is 4.65. The second-order valence-electron chi connectivity index (χ2n) is 6.35. The summed E-state index contributed by atoms with van der Waals surface area (Å²) < 4.78 is 11.8. The van der Waals surface area contributed by atoms with E-state index in [1.807, 2.05) is 42.5 Å². The van der Waals surface area contributed by atoms with Crippen molar-refractivity contribution in [3.05, 3.63) is 52.5 Å². The molecule has 4 nitrogen and oxygen atoms in total. The molecule has 1 atom stereocenters. The zero-order valence-corrected chi connectivity index (χ0v) is 16.2. The van der Waals surface area contributed by atoms with E-state index in [1.54, 1.807) is 14.2 Å². The molecule has 1 unspecified atom stereocenters. The van der Waals surface area contributed by atoms with Crippen LogP contribution in [0.2, 0.25) is 0 Å². The smallest absolute Gasteiger partial charge is 0.125 e. The van der Waals surface area contributed by atoms with Gasteiger partial charge in [0.05, 0.1) is 14.2 Å². The lowest BCUT2D eigenvalue weighted by molar-refractivity contribution is 0.384. The van der Waals surface area contributed by atoms with Crippen molar-refractivity contribution in [1.29, 1.82) is 0 Å². The third-order valence-electron chi connectivity index (χ3n) is 4.15. The SMILES string of the molecule is COc1ccc(CC(N)C(C)(C)Nc2cccc(Br)c2)c(OC)c1. The van der Waals surface area contributed by atoms with E-state index in [4.69, 9.17) is 15.2 Å². The Labute approximate surface area is 152 Å². The molecule has 0 saturated carbocycles. The number of benzene rings is 2. The van der Waals surface area contributed by atoms with Crippen molar-refractivity contribution < 1.29 is 9.47 Å². The van der Waals surface area contributed by atoms with E-state index in [-0.39, 0.29) is 11.6 Å². The number of ether oxygens (including phenoxy) is 2. The lowest BCUT2D eigenvalue weighted by Crippen LogP contribution is -2.50.